The maximum atomic E-state index is 9.79. The number of rotatable bonds is 3. The molecule has 18 heavy (non-hydrogen) atoms. The van der Waals surface area contributed by atoms with Crippen molar-refractivity contribution in [1.82, 2.24) is 0 Å². The van der Waals surface area contributed by atoms with Crippen molar-refractivity contribution < 1.29 is 5.11 Å². The summed E-state index contributed by atoms with van der Waals surface area (Å²) in [6.45, 7) is 4.08. The predicted molar refractivity (Wildman–Crippen MR) is 78.3 cm³/mol. The Morgan fingerprint density at radius 3 is 2.50 bits per heavy atom. The summed E-state index contributed by atoms with van der Waals surface area (Å²) in [5.74, 6) is 0.318. The van der Waals surface area contributed by atoms with Crippen LogP contribution in [-0.2, 0) is 0 Å². The second-order valence-corrected chi connectivity index (χ2v) is 4.47. The average Bonchev–Trinajstić information content (AvgIpc) is 2.37. The Balaban J connectivity index is 2.37. The van der Waals surface area contributed by atoms with Crippen molar-refractivity contribution in [2.45, 2.75) is 19.9 Å². The van der Waals surface area contributed by atoms with Crippen molar-refractivity contribution in [1.29, 1.82) is 0 Å². The van der Waals surface area contributed by atoms with E-state index in [-0.39, 0.29) is 0 Å². The predicted octanol–water partition coefficient (Wildman–Crippen LogP) is 4.04. The summed E-state index contributed by atoms with van der Waals surface area (Å²) in [4.78, 5) is 4.28. The summed E-state index contributed by atoms with van der Waals surface area (Å²) < 4.78 is 0. The van der Waals surface area contributed by atoms with Crippen LogP contribution in [-0.4, -0.2) is 17.4 Å². The monoisotopic (exact) mass is 239 g/mol. The smallest absolute Gasteiger partial charge is 0.123 e. The van der Waals surface area contributed by atoms with Crippen LogP contribution in [0.4, 0.5) is 0 Å². The van der Waals surface area contributed by atoms with Gasteiger partial charge in [0.1, 0.15) is 5.75 Å². The molecule has 0 atom stereocenters. The number of allylic oxidation sites excluding steroid dienone is 1. The first-order chi connectivity index (χ1) is 8.68. The number of hydrogen-bond donors (Lipinski definition) is 1. The Bertz CT molecular complexity index is 597. The number of fused-ring (bicyclic) bond motifs is 1. The second-order valence-electron chi connectivity index (χ2n) is 4.47. The lowest BCUT2D eigenvalue weighted by Gasteiger charge is -2.04. The number of phenols is 1. The first-order valence-electron chi connectivity index (χ1n) is 6.09. The van der Waals surface area contributed by atoms with Gasteiger partial charge in [-0.1, -0.05) is 36.4 Å². The molecule has 0 saturated heterocycles. The van der Waals surface area contributed by atoms with Crippen molar-refractivity contribution in [3.63, 3.8) is 0 Å². The number of benzene rings is 2. The maximum Gasteiger partial charge on any atom is 0.123 e. The lowest BCUT2D eigenvalue weighted by molar-refractivity contribution is 0.481. The molecule has 0 saturated carbocycles. The molecular formula is C16H17NO. The minimum Gasteiger partial charge on any atom is -0.507 e. The number of hydrogen-bond acceptors (Lipinski definition) is 2. The SMILES string of the molecule is CC(C)N=CC=Cc1ccc(O)c2ccccc12. The van der Waals surface area contributed by atoms with E-state index >= 15 is 0 Å². The molecule has 2 nitrogen and oxygen atoms in total. The molecule has 2 aromatic rings. The van der Waals surface area contributed by atoms with E-state index in [0.717, 1.165) is 16.3 Å². The lowest BCUT2D eigenvalue weighted by Crippen LogP contribution is -1.86. The van der Waals surface area contributed by atoms with E-state index in [1.807, 2.05) is 62.5 Å². The Morgan fingerprint density at radius 1 is 1.06 bits per heavy atom. The van der Waals surface area contributed by atoms with Gasteiger partial charge in [0.2, 0.25) is 0 Å². The standard InChI is InChI=1S/C16H17NO/c1-12(2)17-11-5-6-13-9-10-16(18)15-8-4-3-7-14(13)15/h3-12,18H,1-2H3. The Labute approximate surface area is 107 Å². The molecule has 0 radical (unpaired) electrons. The summed E-state index contributed by atoms with van der Waals surface area (Å²) in [6, 6.07) is 11.8. The lowest BCUT2D eigenvalue weighted by atomic mass is 10.0. The molecule has 2 rings (SSSR count). The Kier molecular flexibility index (Phi) is 3.78. The van der Waals surface area contributed by atoms with E-state index in [4.69, 9.17) is 0 Å². The minimum atomic E-state index is 0.311. The fraction of sp³-hybridized carbons (Fsp3) is 0.188. The fourth-order valence-electron chi connectivity index (χ4n) is 1.82. The highest BCUT2D eigenvalue weighted by atomic mass is 16.3. The van der Waals surface area contributed by atoms with Crippen LogP contribution in [0.5, 0.6) is 5.75 Å². The molecule has 1 N–H and O–H groups in total. The first-order valence-corrected chi connectivity index (χ1v) is 6.09. The molecule has 0 aliphatic rings. The summed E-state index contributed by atoms with van der Waals surface area (Å²) in [5.41, 5.74) is 1.08. The molecule has 0 aliphatic carbocycles. The van der Waals surface area contributed by atoms with E-state index in [9.17, 15) is 5.11 Å². The van der Waals surface area contributed by atoms with Crippen molar-refractivity contribution in [3.8, 4) is 5.75 Å². The van der Waals surface area contributed by atoms with Crippen LogP contribution in [0.15, 0.2) is 47.5 Å². The van der Waals surface area contributed by atoms with Gasteiger partial charge in [-0.25, -0.2) is 0 Å². The average molecular weight is 239 g/mol. The largest absolute Gasteiger partial charge is 0.507 e. The van der Waals surface area contributed by atoms with Crippen LogP contribution >= 0.6 is 0 Å². The third kappa shape index (κ3) is 2.77. The van der Waals surface area contributed by atoms with Crippen LogP contribution in [0.3, 0.4) is 0 Å². The van der Waals surface area contributed by atoms with Crippen molar-refractivity contribution in [3.05, 3.63) is 48.0 Å². The van der Waals surface area contributed by atoms with Gasteiger partial charge in [0, 0.05) is 17.6 Å². The van der Waals surface area contributed by atoms with Crippen molar-refractivity contribution in [2.24, 2.45) is 4.99 Å². The van der Waals surface area contributed by atoms with Crippen LogP contribution in [0.1, 0.15) is 19.4 Å². The molecule has 92 valence electrons. The normalized spacial score (nSPS) is 12.2. The molecule has 0 spiro atoms. The number of aliphatic imine (C=N–C) groups is 1. The van der Waals surface area contributed by atoms with Crippen molar-refractivity contribution >= 4 is 23.1 Å². The highest BCUT2D eigenvalue weighted by molar-refractivity contribution is 5.96. The van der Waals surface area contributed by atoms with Gasteiger partial charge in [-0.05, 0) is 36.9 Å². The van der Waals surface area contributed by atoms with E-state index in [2.05, 4.69) is 4.99 Å². The fourth-order valence-corrected chi connectivity index (χ4v) is 1.82. The minimum absolute atomic E-state index is 0.311. The molecule has 2 heteroatoms. The number of aromatic hydroxyl groups is 1. The molecule has 0 aliphatic heterocycles. The van der Waals surface area contributed by atoms with Gasteiger partial charge in [0.05, 0.1) is 0 Å². The van der Waals surface area contributed by atoms with Gasteiger partial charge in [0.25, 0.3) is 0 Å². The molecule has 2 aromatic carbocycles. The van der Waals surface area contributed by atoms with Crippen LogP contribution in [0.25, 0.3) is 16.8 Å². The van der Waals surface area contributed by atoms with Gasteiger partial charge in [-0.3, -0.25) is 4.99 Å². The van der Waals surface area contributed by atoms with E-state index in [1.165, 1.54) is 0 Å². The van der Waals surface area contributed by atoms with Gasteiger partial charge in [-0.2, -0.15) is 0 Å². The van der Waals surface area contributed by atoms with Gasteiger partial charge < -0.3 is 5.11 Å². The van der Waals surface area contributed by atoms with E-state index in [0.29, 0.717) is 11.8 Å². The summed E-state index contributed by atoms with van der Waals surface area (Å²) >= 11 is 0. The Hall–Kier alpha value is -2.09. The molecule has 0 heterocycles. The second kappa shape index (κ2) is 5.50. The highest BCUT2D eigenvalue weighted by Crippen LogP contribution is 2.27. The zero-order chi connectivity index (χ0) is 13.0. The molecule has 0 amide bonds. The highest BCUT2D eigenvalue weighted by Gasteiger charge is 2.01. The summed E-state index contributed by atoms with van der Waals surface area (Å²) in [7, 11) is 0. The zero-order valence-electron chi connectivity index (χ0n) is 10.7. The van der Waals surface area contributed by atoms with Crippen LogP contribution in [0, 0.1) is 0 Å². The number of phenolic OH excluding ortho intramolecular Hbond substituents is 1. The zero-order valence-corrected chi connectivity index (χ0v) is 10.7. The van der Waals surface area contributed by atoms with Gasteiger partial charge >= 0.3 is 0 Å². The van der Waals surface area contributed by atoms with Crippen LogP contribution in [0.2, 0.25) is 0 Å². The van der Waals surface area contributed by atoms with Gasteiger partial charge in [0.15, 0.2) is 0 Å². The first kappa shape index (κ1) is 12.4. The van der Waals surface area contributed by atoms with E-state index < -0.39 is 0 Å². The van der Waals surface area contributed by atoms with Crippen molar-refractivity contribution in [2.75, 3.05) is 0 Å². The molecule has 0 bridgehead atoms. The summed E-state index contributed by atoms with van der Waals surface area (Å²) in [5, 5.41) is 11.7. The molecule has 0 unspecified atom stereocenters. The molecule has 0 fully saturated rings. The quantitative estimate of drug-likeness (QED) is 0.805. The summed E-state index contributed by atoms with van der Waals surface area (Å²) in [6.07, 6.45) is 5.75. The maximum absolute atomic E-state index is 9.79. The number of nitrogens with zero attached hydrogens (tertiary/aromatic N) is 1. The molecular weight excluding hydrogens is 222 g/mol. The van der Waals surface area contributed by atoms with E-state index in [1.54, 1.807) is 6.07 Å². The third-order valence-corrected chi connectivity index (χ3v) is 2.68. The molecule has 0 aromatic heterocycles. The van der Waals surface area contributed by atoms with Crippen LogP contribution < -0.4 is 0 Å². The third-order valence-electron chi connectivity index (χ3n) is 2.68. The van der Waals surface area contributed by atoms with Gasteiger partial charge in [-0.15, -0.1) is 0 Å². The topological polar surface area (TPSA) is 32.6 Å². The Morgan fingerprint density at radius 2 is 1.78 bits per heavy atom.